The van der Waals surface area contributed by atoms with Crippen molar-refractivity contribution >= 4 is 0 Å². The van der Waals surface area contributed by atoms with Crippen molar-refractivity contribution in [2.45, 2.75) is 19.8 Å². The summed E-state index contributed by atoms with van der Waals surface area (Å²) in [6.45, 7) is 4.00. The molecular weight excluding hydrogens is 252 g/mol. The van der Waals surface area contributed by atoms with Crippen molar-refractivity contribution in [3.8, 4) is 11.1 Å². The minimum Gasteiger partial charge on any atom is -0.0683 e. The van der Waals surface area contributed by atoms with Gasteiger partial charge >= 0.3 is 0 Å². The molecule has 104 valence electrons. The van der Waals surface area contributed by atoms with Gasteiger partial charge in [-0.1, -0.05) is 92.7 Å². The monoisotopic (exact) mass is 272 g/mol. The second kappa shape index (κ2) is 5.97. The summed E-state index contributed by atoms with van der Waals surface area (Å²) >= 11 is 0. The first kappa shape index (κ1) is 13.6. The van der Waals surface area contributed by atoms with Gasteiger partial charge in [0.05, 0.1) is 0 Å². The first-order chi connectivity index (χ1) is 10.4. The summed E-state index contributed by atoms with van der Waals surface area (Å²) in [5, 5.41) is 0. The van der Waals surface area contributed by atoms with Gasteiger partial charge in [0.25, 0.3) is 0 Å². The number of benzene rings is 3. The molecular formula is C21H20. The summed E-state index contributed by atoms with van der Waals surface area (Å²) in [4.78, 5) is 0. The lowest BCUT2D eigenvalue weighted by atomic mass is 9.89. The predicted molar refractivity (Wildman–Crippen MR) is 90.6 cm³/mol. The molecule has 0 nitrogen and oxygen atoms in total. The molecule has 0 saturated heterocycles. The quantitative estimate of drug-likeness (QED) is 0.406. The summed E-state index contributed by atoms with van der Waals surface area (Å²) < 4.78 is 0. The lowest BCUT2D eigenvalue weighted by Crippen LogP contribution is -1.98. The third-order valence-electron chi connectivity index (χ3n) is 3.97. The van der Waals surface area contributed by atoms with Crippen LogP contribution in [0.25, 0.3) is 11.1 Å². The smallest absolute Gasteiger partial charge is 0.0352 e. The molecule has 0 bridgehead atoms. The van der Waals surface area contributed by atoms with Crippen molar-refractivity contribution in [3.63, 3.8) is 0 Å². The topological polar surface area (TPSA) is 0 Å². The van der Waals surface area contributed by atoms with Gasteiger partial charge in [0, 0.05) is 5.92 Å². The molecule has 21 heavy (non-hydrogen) atoms. The van der Waals surface area contributed by atoms with E-state index >= 15 is 0 Å². The van der Waals surface area contributed by atoms with Crippen LogP contribution in [0.1, 0.15) is 36.5 Å². The molecule has 0 N–H and O–H groups in total. The zero-order valence-electron chi connectivity index (χ0n) is 12.6. The molecule has 0 radical (unpaired) electrons. The van der Waals surface area contributed by atoms with Gasteiger partial charge in [-0.25, -0.2) is 0 Å². The average molecular weight is 272 g/mol. The van der Waals surface area contributed by atoms with Crippen LogP contribution in [0.2, 0.25) is 0 Å². The molecule has 0 fully saturated rings. The van der Waals surface area contributed by atoms with Gasteiger partial charge in [-0.2, -0.15) is 0 Å². The molecule has 0 heteroatoms. The summed E-state index contributed by atoms with van der Waals surface area (Å²) in [7, 11) is 0. The Morgan fingerprint density at radius 1 is 0.524 bits per heavy atom. The summed E-state index contributed by atoms with van der Waals surface area (Å²) in [5.74, 6) is 0.383. The SMILES string of the molecule is CC.c1ccc(C2c3ccccc3-c3ccccc32)cc1. The molecule has 3 aromatic carbocycles. The molecule has 0 unspecified atom stereocenters. The number of hydrogen-bond donors (Lipinski definition) is 0. The minimum atomic E-state index is 0.383. The van der Waals surface area contributed by atoms with E-state index in [2.05, 4.69) is 78.9 Å². The van der Waals surface area contributed by atoms with E-state index in [1.807, 2.05) is 13.8 Å². The third-order valence-corrected chi connectivity index (χ3v) is 3.97. The van der Waals surface area contributed by atoms with Gasteiger partial charge in [0.15, 0.2) is 0 Å². The molecule has 4 rings (SSSR count). The Morgan fingerprint density at radius 3 is 1.48 bits per heavy atom. The molecule has 0 heterocycles. The van der Waals surface area contributed by atoms with Gasteiger partial charge < -0.3 is 0 Å². The second-order valence-electron chi connectivity index (χ2n) is 5.02. The van der Waals surface area contributed by atoms with E-state index < -0.39 is 0 Å². The normalized spacial score (nSPS) is 12.1. The first-order valence-corrected chi connectivity index (χ1v) is 7.68. The Morgan fingerprint density at radius 2 is 0.952 bits per heavy atom. The van der Waals surface area contributed by atoms with Crippen molar-refractivity contribution in [2.24, 2.45) is 0 Å². The van der Waals surface area contributed by atoms with Crippen LogP contribution < -0.4 is 0 Å². The maximum Gasteiger partial charge on any atom is 0.0352 e. The molecule has 1 aliphatic rings. The summed E-state index contributed by atoms with van der Waals surface area (Å²) in [6.07, 6.45) is 0. The fourth-order valence-electron chi connectivity index (χ4n) is 3.16. The number of fused-ring (bicyclic) bond motifs is 3. The van der Waals surface area contributed by atoms with E-state index in [0.29, 0.717) is 5.92 Å². The molecule has 1 aliphatic carbocycles. The van der Waals surface area contributed by atoms with Gasteiger partial charge in [-0.3, -0.25) is 0 Å². The molecule has 0 atom stereocenters. The van der Waals surface area contributed by atoms with Crippen molar-refractivity contribution in [3.05, 3.63) is 95.6 Å². The Labute approximate surface area is 127 Å². The van der Waals surface area contributed by atoms with Crippen molar-refractivity contribution in [2.75, 3.05) is 0 Å². The maximum atomic E-state index is 2.26. The minimum absolute atomic E-state index is 0.383. The van der Waals surface area contributed by atoms with Crippen LogP contribution in [0.5, 0.6) is 0 Å². The molecule has 0 spiro atoms. The Kier molecular flexibility index (Phi) is 3.87. The van der Waals surface area contributed by atoms with Crippen molar-refractivity contribution in [1.29, 1.82) is 0 Å². The molecule has 0 amide bonds. The lowest BCUT2D eigenvalue weighted by Gasteiger charge is -2.13. The largest absolute Gasteiger partial charge is 0.0683 e. The van der Waals surface area contributed by atoms with Crippen LogP contribution in [0.15, 0.2) is 78.9 Å². The highest BCUT2D eigenvalue weighted by Gasteiger charge is 2.28. The van der Waals surface area contributed by atoms with Crippen LogP contribution in [0, 0.1) is 0 Å². The van der Waals surface area contributed by atoms with E-state index in [0.717, 1.165) is 0 Å². The molecule has 0 saturated carbocycles. The van der Waals surface area contributed by atoms with Crippen LogP contribution in [0.4, 0.5) is 0 Å². The van der Waals surface area contributed by atoms with Gasteiger partial charge in [0.1, 0.15) is 0 Å². The molecule has 0 aliphatic heterocycles. The van der Waals surface area contributed by atoms with E-state index in [9.17, 15) is 0 Å². The maximum absolute atomic E-state index is 2.26. The van der Waals surface area contributed by atoms with Crippen LogP contribution in [-0.4, -0.2) is 0 Å². The van der Waals surface area contributed by atoms with E-state index in [1.165, 1.54) is 27.8 Å². The highest BCUT2D eigenvalue weighted by atomic mass is 14.3. The standard InChI is InChI=1S/C19H14.C2H6/c1-2-8-14(9-3-1)19-17-12-6-4-10-15(17)16-11-5-7-13-18(16)19;1-2/h1-13,19H;1-2H3. The Hall–Kier alpha value is -2.34. The zero-order valence-corrected chi connectivity index (χ0v) is 12.6. The van der Waals surface area contributed by atoms with Crippen LogP contribution in [0.3, 0.4) is 0 Å². The lowest BCUT2D eigenvalue weighted by molar-refractivity contribution is 1.02. The van der Waals surface area contributed by atoms with Crippen molar-refractivity contribution in [1.82, 2.24) is 0 Å². The highest BCUT2D eigenvalue weighted by molar-refractivity contribution is 5.80. The third kappa shape index (κ3) is 2.27. The Bertz CT molecular complexity index is 680. The van der Waals surface area contributed by atoms with Gasteiger partial charge in [-0.15, -0.1) is 0 Å². The highest BCUT2D eigenvalue weighted by Crippen LogP contribution is 2.47. The average Bonchev–Trinajstić information content (AvgIpc) is 2.92. The van der Waals surface area contributed by atoms with Crippen molar-refractivity contribution < 1.29 is 0 Å². The van der Waals surface area contributed by atoms with Gasteiger partial charge in [0.2, 0.25) is 0 Å². The number of rotatable bonds is 1. The Balaban J connectivity index is 0.000000636. The summed E-state index contributed by atoms with van der Waals surface area (Å²) in [6, 6.07) is 28.3. The molecule has 0 aromatic heterocycles. The fourth-order valence-corrected chi connectivity index (χ4v) is 3.16. The molecule has 3 aromatic rings. The predicted octanol–water partition coefficient (Wildman–Crippen LogP) is 5.87. The fraction of sp³-hybridized carbons (Fsp3) is 0.143. The van der Waals surface area contributed by atoms with Crippen LogP contribution in [-0.2, 0) is 0 Å². The first-order valence-electron chi connectivity index (χ1n) is 7.68. The van der Waals surface area contributed by atoms with E-state index in [1.54, 1.807) is 0 Å². The summed E-state index contributed by atoms with van der Waals surface area (Å²) in [5.41, 5.74) is 6.99. The van der Waals surface area contributed by atoms with E-state index in [-0.39, 0.29) is 0 Å². The number of hydrogen-bond acceptors (Lipinski definition) is 0. The zero-order chi connectivity index (χ0) is 14.7. The van der Waals surface area contributed by atoms with E-state index in [4.69, 9.17) is 0 Å². The van der Waals surface area contributed by atoms with Crippen LogP contribution >= 0.6 is 0 Å². The second-order valence-corrected chi connectivity index (χ2v) is 5.02. The van der Waals surface area contributed by atoms with Gasteiger partial charge in [-0.05, 0) is 27.8 Å².